The molecule has 3 aromatic heterocycles. The van der Waals surface area contributed by atoms with Gasteiger partial charge in [0.2, 0.25) is 0 Å². The zero-order chi connectivity index (χ0) is 19.0. The molecule has 0 fully saturated rings. The topological polar surface area (TPSA) is 46.5 Å². The van der Waals surface area contributed by atoms with Crippen molar-refractivity contribution in [3.8, 4) is 11.3 Å². The Kier molecular flexibility index (Phi) is 4.52. The number of aryl methyl sites for hydroxylation is 3. The van der Waals surface area contributed by atoms with Gasteiger partial charge < -0.3 is 4.98 Å². The summed E-state index contributed by atoms with van der Waals surface area (Å²) in [6.45, 7) is 7.06. The van der Waals surface area contributed by atoms with Gasteiger partial charge in [-0.1, -0.05) is 32.0 Å². The third kappa shape index (κ3) is 3.37. The highest BCUT2D eigenvalue weighted by Gasteiger charge is 2.15. The lowest BCUT2D eigenvalue weighted by Crippen LogP contribution is -2.06. The van der Waals surface area contributed by atoms with Gasteiger partial charge in [0.1, 0.15) is 5.82 Å². The van der Waals surface area contributed by atoms with Crippen molar-refractivity contribution in [2.75, 3.05) is 0 Å². The quantitative estimate of drug-likeness (QED) is 0.528. The molecule has 138 valence electrons. The van der Waals surface area contributed by atoms with Crippen LogP contribution in [0, 0.1) is 12.7 Å². The minimum Gasteiger partial charge on any atom is -0.358 e. The van der Waals surface area contributed by atoms with Crippen LogP contribution in [0.3, 0.4) is 0 Å². The summed E-state index contributed by atoms with van der Waals surface area (Å²) in [5.74, 6) is -0.0276. The number of hydrogen-bond acceptors (Lipinski definition) is 2. The predicted octanol–water partition coefficient (Wildman–Crippen LogP) is 5.24. The van der Waals surface area contributed by atoms with Gasteiger partial charge in [-0.05, 0) is 43.0 Å². The third-order valence-corrected chi connectivity index (χ3v) is 4.99. The molecule has 4 aromatic rings. The highest BCUT2D eigenvalue weighted by atomic mass is 19.1. The molecule has 3 heterocycles. The van der Waals surface area contributed by atoms with E-state index < -0.39 is 0 Å². The standard InChI is InChI=1S/C22H23FN4/c1-14(2)21-11-22(16-10-17(23)13-24-12-16)27(26-21)9-8-18-15(3)25-20-7-5-4-6-19(18)20/h4-7,10-14,25H,8-9H2,1-3H3. The number of aromatic nitrogens is 4. The van der Waals surface area contributed by atoms with Crippen molar-refractivity contribution in [1.29, 1.82) is 0 Å². The number of halogens is 1. The average Bonchev–Trinajstić information content (AvgIpc) is 3.20. The van der Waals surface area contributed by atoms with E-state index in [4.69, 9.17) is 5.10 Å². The lowest BCUT2D eigenvalue weighted by Gasteiger charge is -2.08. The smallest absolute Gasteiger partial charge is 0.142 e. The molecule has 0 aliphatic rings. The van der Waals surface area contributed by atoms with Crippen LogP contribution < -0.4 is 0 Å². The molecule has 4 nitrogen and oxygen atoms in total. The van der Waals surface area contributed by atoms with Crippen LogP contribution in [0.15, 0.2) is 48.8 Å². The number of benzene rings is 1. The normalized spacial score (nSPS) is 11.6. The lowest BCUT2D eigenvalue weighted by atomic mass is 10.1. The van der Waals surface area contributed by atoms with E-state index in [1.165, 1.54) is 28.9 Å². The first kappa shape index (κ1) is 17.5. The van der Waals surface area contributed by atoms with E-state index in [1.54, 1.807) is 6.20 Å². The summed E-state index contributed by atoms with van der Waals surface area (Å²) in [7, 11) is 0. The van der Waals surface area contributed by atoms with E-state index in [0.717, 1.165) is 35.4 Å². The van der Waals surface area contributed by atoms with Crippen LogP contribution in [0.1, 0.15) is 36.7 Å². The Hall–Kier alpha value is -2.95. The van der Waals surface area contributed by atoms with E-state index in [1.807, 2.05) is 16.8 Å². The maximum Gasteiger partial charge on any atom is 0.142 e. The molecule has 5 heteroatoms. The van der Waals surface area contributed by atoms with Crippen molar-refractivity contribution in [1.82, 2.24) is 19.7 Å². The minimum atomic E-state index is -0.334. The molecule has 0 unspecified atom stereocenters. The third-order valence-electron chi connectivity index (χ3n) is 4.99. The lowest BCUT2D eigenvalue weighted by molar-refractivity contribution is 0.601. The summed E-state index contributed by atoms with van der Waals surface area (Å²) in [5.41, 5.74) is 6.30. The number of hydrogen-bond donors (Lipinski definition) is 1. The molecule has 27 heavy (non-hydrogen) atoms. The molecular weight excluding hydrogens is 339 g/mol. The molecule has 1 aromatic carbocycles. The van der Waals surface area contributed by atoms with Crippen LogP contribution >= 0.6 is 0 Å². The zero-order valence-electron chi connectivity index (χ0n) is 15.8. The molecule has 0 saturated carbocycles. The predicted molar refractivity (Wildman–Crippen MR) is 106 cm³/mol. The first-order valence-electron chi connectivity index (χ1n) is 9.28. The number of H-pyrrole nitrogens is 1. The van der Waals surface area contributed by atoms with Gasteiger partial charge in [-0.2, -0.15) is 5.10 Å². The van der Waals surface area contributed by atoms with Crippen LogP contribution in [-0.4, -0.2) is 19.7 Å². The first-order chi connectivity index (χ1) is 13.0. The molecule has 0 radical (unpaired) electrons. The Bertz CT molecular complexity index is 1090. The van der Waals surface area contributed by atoms with E-state index in [0.29, 0.717) is 5.92 Å². The van der Waals surface area contributed by atoms with Crippen molar-refractivity contribution in [3.05, 3.63) is 71.6 Å². The van der Waals surface area contributed by atoms with E-state index in [2.05, 4.69) is 48.9 Å². The Balaban J connectivity index is 1.70. The summed E-state index contributed by atoms with van der Waals surface area (Å²) >= 11 is 0. The van der Waals surface area contributed by atoms with Gasteiger partial charge >= 0.3 is 0 Å². The summed E-state index contributed by atoms with van der Waals surface area (Å²) in [4.78, 5) is 7.45. The minimum absolute atomic E-state index is 0.307. The number of pyridine rings is 1. The van der Waals surface area contributed by atoms with Gasteiger partial charge in [0, 0.05) is 34.9 Å². The first-order valence-corrected chi connectivity index (χ1v) is 9.28. The number of fused-ring (bicyclic) bond motifs is 1. The van der Waals surface area contributed by atoms with Crippen LogP contribution in [-0.2, 0) is 13.0 Å². The van der Waals surface area contributed by atoms with Gasteiger partial charge in [-0.3, -0.25) is 9.67 Å². The average molecular weight is 362 g/mol. The molecule has 0 amide bonds. The van der Waals surface area contributed by atoms with Crippen LogP contribution in [0.2, 0.25) is 0 Å². The van der Waals surface area contributed by atoms with Crippen LogP contribution in [0.4, 0.5) is 4.39 Å². The van der Waals surface area contributed by atoms with Gasteiger partial charge in [0.15, 0.2) is 0 Å². The molecule has 4 rings (SSSR count). The molecule has 0 aliphatic carbocycles. The van der Waals surface area contributed by atoms with Crippen molar-refractivity contribution in [2.45, 2.75) is 39.7 Å². The molecule has 0 bridgehead atoms. The second kappa shape index (κ2) is 6.99. The molecule has 0 spiro atoms. The second-order valence-electron chi connectivity index (χ2n) is 7.25. The van der Waals surface area contributed by atoms with Crippen molar-refractivity contribution in [2.24, 2.45) is 0 Å². The number of nitrogens with zero attached hydrogens (tertiary/aromatic N) is 3. The fraction of sp³-hybridized carbons (Fsp3) is 0.273. The Labute approximate surface area is 158 Å². The molecule has 0 saturated heterocycles. The SMILES string of the molecule is Cc1[nH]c2ccccc2c1CCn1nc(C(C)C)cc1-c1cncc(F)c1. The van der Waals surface area contributed by atoms with Crippen molar-refractivity contribution in [3.63, 3.8) is 0 Å². The maximum absolute atomic E-state index is 13.7. The summed E-state index contributed by atoms with van der Waals surface area (Å²) < 4.78 is 15.7. The molecule has 1 N–H and O–H groups in total. The largest absolute Gasteiger partial charge is 0.358 e. The summed E-state index contributed by atoms with van der Waals surface area (Å²) in [5, 5.41) is 6.03. The highest BCUT2D eigenvalue weighted by molar-refractivity contribution is 5.84. The fourth-order valence-electron chi connectivity index (χ4n) is 3.55. The van der Waals surface area contributed by atoms with Crippen molar-refractivity contribution < 1.29 is 4.39 Å². The highest BCUT2D eigenvalue weighted by Crippen LogP contribution is 2.26. The number of nitrogens with one attached hydrogen (secondary N) is 1. The van der Waals surface area contributed by atoms with Gasteiger partial charge in [0.05, 0.1) is 17.6 Å². The van der Waals surface area contributed by atoms with Gasteiger partial charge in [-0.25, -0.2) is 4.39 Å². The van der Waals surface area contributed by atoms with E-state index in [9.17, 15) is 4.39 Å². The summed E-state index contributed by atoms with van der Waals surface area (Å²) in [6.07, 6.45) is 3.77. The van der Waals surface area contributed by atoms with Crippen LogP contribution in [0.5, 0.6) is 0 Å². The van der Waals surface area contributed by atoms with Crippen molar-refractivity contribution >= 4 is 10.9 Å². The number of rotatable bonds is 5. The Morgan fingerprint density at radius 1 is 1.15 bits per heavy atom. The van der Waals surface area contributed by atoms with Gasteiger partial charge in [0.25, 0.3) is 0 Å². The molecule has 0 atom stereocenters. The Morgan fingerprint density at radius 2 is 1.96 bits per heavy atom. The van der Waals surface area contributed by atoms with E-state index >= 15 is 0 Å². The summed E-state index contributed by atoms with van der Waals surface area (Å²) in [6, 6.07) is 11.9. The monoisotopic (exact) mass is 362 g/mol. The number of para-hydroxylation sites is 1. The zero-order valence-corrected chi connectivity index (χ0v) is 15.8. The number of aromatic amines is 1. The fourth-order valence-corrected chi connectivity index (χ4v) is 3.55. The second-order valence-corrected chi connectivity index (χ2v) is 7.25. The van der Waals surface area contributed by atoms with Gasteiger partial charge in [-0.15, -0.1) is 0 Å². The van der Waals surface area contributed by atoms with E-state index in [-0.39, 0.29) is 5.82 Å². The molecular formula is C22H23FN4. The molecule has 0 aliphatic heterocycles. The maximum atomic E-state index is 13.7. The van der Waals surface area contributed by atoms with Crippen LogP contribution in [0.25, 0.3) is 22.2 Å². The Morgan fingerprint density at radius 3 is 2.74 bits per heavy atom.